The van der Waals surface area contributed by atoms with Crippen LogP contribution in [-0.4, -0.2) is 28.3 Å². The van der Waals surface area contributed by atoms with Crippen LogP contribution in [0.4, 0.5) is 5.00 Å². The monoisotopic (exact) mass is 425 g/mol. The topological polar surface area (TPSA) is 90.3 Å². The van der Waals surface area contributed by atoms with E-state index >= 15 is 0 Å². The zero-order valence-electron chi connectivity index (χ0n) is 17.1. The molecule has 0 unspecified atom stereocenters. The maximum Gasteiger partial charge on any atom is 0.359 e. The van der Waals surface area contributed by atoms with E-state index in [9.17, 15) is 14.4 Å². The molecule has 1 aromatic carbocycles. The average molecular weight is 426 g/mol. The Balaban J connectivity index is 1.88. The van der Waals surface area contributed by atoms with Crippen LogP contribution < -0.4 is 10.9 Å². The Kier molecular flexibility index (Phi) is 5.42. The molecule has 0 atom stereocenters. The molecule has 1 saturated carbocycles. The van der Waals surface area contributed by atoms with Gasteiger partial charge in [-0.2, -0.15) is 9.78 Å². The predicted octanol–water partition coefficient (Wildman–Crippen LogP) is 4.10. The van der Waals surface area contributed by atoms with E-state index < -0.39 is 5.97 Å². The highest BCUT2D eigenvalue weighted by atomic mass is 32.1. The molecule has 0 aliphatic heterocycles. The van der Waals surface area contributed by atoms with Gasteiger partial charge in [-0.1, -0.05) is 26.0 Å². The highest BCUT2D eigenvalue weighted by Crippen LogP contribution is 2.34. The van der Waals surface area contributed by atoms with E-state index in [4.69, 9.17) is 4.74 Å². The molecule has 0 radical (unpaired) electrons. The molecule has 4 rings (SSSR count). The molecule has 1 aliphatic rings. The number of ether oxygens (including phenoxy) is 1. The van der Waals surface area contributed by atoms with E-state index in [2.05, 4.69) is 24.3 Å². The minimum atomic E-state index is -0.604. The van der Waals surface area contributed by atoms with Gasteiger partial charge in [0, 0.05) is 16.7 Å². The van der Waals surface area contributed by atoms with Crippen LogP contribution in [0.1, 0.15) is 55.6 Å². The van der Waals surface area contributed by atoms with Crippen molar-refractivity contribution in [3.05, 3.63) is 51.3 Å². The first-order chi connectivity index (χ1) is 14.4. The first-order valence-corrected chi connectivity index (χ1v) is 10.9. The van der Waals surface area contributed by atoms with Gasteiger partial charge in [0.2, 0.25) is 5.91 Å². The number of hydrogen-bond donors (Lipinski definition) is 1. The molecule has 156 valence electrons. The average Bonchev–Trinajstić information content (AvgIpc) is 3.50. The van der Waals surface area contributed by atoms with Crippen molar-refractivity contribution in [2.45, 2.75) is 39.5 Å². The van der Waals surface area contributed by atoms with Gasteiger partial charge in [0.1, 0.15) is 5.00 Å². The summed E-state index contributed by atoms with van der Waals surface area (Å²) >= 11 is 1.22. The van der Waals surface area contributed by atoms with Crippen molar-refractivity contribution in [3.63, 3.8) is 0 Å². The van der Waals surface area contributed by atoms with Gasteiger partial charge in [-0.05, 0) is 43.4 Å². The second-order valence-electron chi connectivity index (χ2n) is 7.65. The van der Waals surface area contributed by atoms with Gasteiger partial charge in [-0.15, -0.1) is 11.3 Å². The zero-order chi connectivity index (χ0) is 21.4. The van der Waals surface area contributed by atoms with E-state index in [1.54, 1.807) is 24.4 Å². The van der Waals surface area contributed by atoms with E-state index in [1.165, 1.54) is 16.0 Å². The number of nitrogens with one attached hydrogen (secondary N) is 1. The Bertz CT molecular complexity index is 1170. The number of hydrogen-bond acceptors (Lipinski definition) is 6. The summed E-state index contributed by atoms with van der Waals surface area (Å²) in [6.07, 6.45) is 1.72. The van der Waals surface area contributed by atoms with Crippen LogP contribution in [0.2, 0.25) is 0 Å². The molecular weight excluding hydrogens is 402 g/mol. The summed E-state index contributed by atoms with van der Waals surface area (Å²) in [5.74, 6) is -0.352. The summed E-state index contributed by atoms with van der Waals surface area (Å²) in [6.45, 7) is 6.08. The van der Waals surface area contributed by atoms with Crippen molar-refractivity contribution < 1.29 is 14.3 Å². The molecule has 30 heavy (non-hydrogen) atoms. The summed E-state index contributed by atoms with van der Waals surface area (Å²) in [4.78, 5) is 38.2. The van der Waals surface area contributed by atoms with Crippen molar-refractivity contribution in [2.75, 3.05) is 11.9 Å². The largest absolute Gasteiger partial charge is 0.461 e. The predicted molar refractivity (Wildman–Crippen MR) is 117 cm³/mol. The summed E-state index contributed by atoms with van der Waals surface area (Å²) in [5, 5.41) is 9.96. The van der Waals surface area contributed by atoms with Crippen LogP contribution in [-0.2, 0) is 9.53 Å². The number of esters is 1. The number of thiophene rings is 1. The van der Waals surface area contributed by atoms with E-state index in [-0.39, 0.29) is 35.1 Å². The second-order valence-corrected chi connectivity index (χ2v) is 8.53. The zero-order valence-corrected chi connectivity index (χ0v) is 17.9. The number of carbonyl (C=O) groups is 2. The van der Waals surface area contributed by atoms with Crippen LogP contribution in [0.3, 0.4) is 0 Å². The Morgan fingerprint density at radius 3 is 2.57 bits per heavy atom. The lowest BCUT2D eigenvalue weighted by Crippen LogP contribution is -2.25. The lowest BCUT2D eigenvalue weighted by atomic mass is 10.0. The van der Waals surface area contributed by atoms with Crippen molar-refractivity contribution in [1.82, 2.24) is 9.78 Å². The van der Waals surface area contributed by atoms with Crippen molar-refractivity contribution >= 4 is 39.0 Å². The second kappa shape index (κ2) is 8.02. The lowest BCUT2D eigenvalue weighted by Gasteiger charge is -2.11. The summed E-state index contributed by atoms with van der Waals surface area (Å²) < 4.78 is 6.36. The molecule has 1 N–H and O–H groups in total. The summed E-state index contributed by atoms with van der Waals surface area (Å²) in [5.41, 5.74) is 1.35. The molecule has 0 spiro atoms. The van der Waals surface area contributed by atoms with Crippen LogP contribution in [0, 0.1) is 5.92 Å². The fraction of sp³-hybridized carbons (Fsp3) is 0.364. The smallest absolute Gasteiger partial charge is 0.359 e. The van der Waals surface area contributed by atoms with Gasteiger partial charge in [-0.3, -0.25) is 9.59 Å². The minimum absolute atomic E-state index is 0.000632. The summed E-state index contributed by atoms with van der Waals surface area (Å²) in [7, 11) is 0. The van der Waals surface area contributed by atoms with Crippen molar-refractivity contribution in [2.24, 2.45) is 5.92 Å². The molecule has 7 nitrogen and oxygen atoms in total. The van der Waals surface area contributed by atoms with Crippen LogP contribution in [0.15, 0.2) is 34.4 Å². The van der Waals surface area contributed by atoms with E-state index in [0.717, 1.165) is 18.4 Å². The standard InChI is InChI=1S/C22H23N3O4S/c1-4-29-22(28)18-16-11-30-20(23-19(26)14-5-6-14)17(16)21(27)25(24-18)15-9-7-13(8-10-15)12(2)3/h7-12,14H,4-6H2,1-3H3,(H,23,26). The van der Waals surface area contributed by atoms with E-state index in [0.29, 0.717) is 22.0 Å². The molecule has 2 aromatic heterocycles. The highest BCUT2D eigenvalue weighted by molar-refractivity contribution is 7.16. The Hall–Kier alpha value is -3.00. The third kappa shape index (κ3) is 3.75. The molecule has 1 fully saturated rings. The molecule has 8 heteroatoms. The maximum atomic E-state index is 13.3. The van der Waals surface area contributed by atoms with Crippen LogP contribution in [0.5, 0.6) is 0 Å². The number of fused-ring (bicyclic) bond motifs is 1. The SMILES string of the molecule is CCOC(=O)c1nn(-c2ccc(C(C)C)cc2)c(=O)c2c(NC(=O)C3CC3)scc12. The van der Waals surface area contributed by atoms with E-state index in [1.807, 2.05) is 12.1 Å². The number of aromatic nitrogens is 2. The number of anilines is 1. The van der Waals surface area contributed by atoms with Gasteiger partial charge in [0.25, 0.3) is 5.56 Å². The molecule has 1 aliphatic carbocycles. The Labute approximate surface area is 177 Å². The number of amides is 1. The third-order valence-corrected chi connectivity index (χ3v) is 6.01. The maximum absolute atomic E-state index is 13.3. The highest BCUT2D eigenvalue weighted by Gasteiger charge is 2.31. The number of nitrogens with zero attached hydrogens (tertiary/aromatic N) is 2. The molecular formula is C22H23N3O4S. The van der Waals surface area contributed by atoms with Crippen molar-refractivity contribution in [3.8, 4) is 5.69 Å². The van der Waals surface area contributed by atoms with Gasteiger partial charge >= 0.3 is 5.97 Å². The van der Waals surface area contributed by atoms with Gasteiger partial charge in [0.05, 0.1) is 17.7 Å². The van der Waals surface area contributed by atoms with Crippen molar-refractivity contribution in [1.29, 1.82) is 0 Å². The molecule has 3 aromatic rings. The first-order valence-electron chi connectivity index (χ1n) is 10.0. The molecule has 2 heterocycles. The normalized spacial score (nSPS) is 13.6. The first kappa shape index (κ1) is 20.3. The molecule has 0 saturated heterocycles. The Morgan fingerprint density at radius 2 is 1.97 bits per heavy atom. The van der Waals surface area contributed by atoms with Gasteiger partial charge in [0.15, 0.2) is 5.69 Å². The Morgan fingerprint density at radius 1 is 1.27 bits per heavy atom. The number of rotatable bonds is 6. The van der Waals surface area contributed by atoms with Crippen LogP contribution >= 0.6 is 11.3 Å². The number of benzene rings is 1. The third-order valence-electron chi connectivity index (χ3n) is 5.11. The minimum Gasteiger partial charge on any atom is -0.461 e. The van der Waals surface area contributed by atoms with Gasteiger partial charge in [-0.25, -0.2) is 4.79 Å². The lowest BCUT2D eigenvalue weighted by molar-refractivity contribution is -0.117. The number of carbonyl (C=O) groups excluding carboxylic acids is 2. The van der Waals surface area contributed by atoms with Crippen LogP contribution in [0.25, 0.3) is 16.5 Å². The fourth-order valence-corrected chi connectivity index (χ4v) is 4.17. The quantitative estimate of drug-likeness (QED) is 0.601. The fourth-order valence-electron chi connectivity index (χ4n) is 3.23. The van der Waals surface area contributed by atoms with Gasteiger partial charge < -0.3 is 10.1 Å². The molecule has 1 amide bonds. The molecule has 0 bridgehead atoms. The summed E-state index contributed by atoms with van der Waals surface area (Å²) in [6, 6.07) is 7.48.